The minimum Gasteiger partial charge on any atom is -0.368 e. The summed E-state index contributed by atoms with van der Waals surface area (Å²) in [5.74, 6) is 3.93. The standard InChI is InChI=1S/C34H36F9N9/c1-19-12-27-26(17-28(19)34(41,42)43)23(13-20-8-10-22(11-9-20)30(44)48-50-46)6-4-3-5-7-29(27)52(31(45)49-51-47-2)18-21-14-24(32(35,36)37)16-25(15-21)33(38,39)40/h8-12,14-17,23,29H,3-7,13,18H2,1-2H3,(H3,44,46,48)(H2,45,47,49)/t23?,29-/m0/s1. The van der Waals surface area contributed by atoms with Crippen LogP contribution in [0.2, 0.25) is 0 Å². The van der Waals surface area contributed by atoms with Gasteiger partial charge in [-0.15, -0.1) is 5.11 Å². The molecule has 0 radical (unpaired) electrons. The minimum atomic E-state index is -5.12. The molecule has 9 nitrogen and oxygen atoms in total. The molecule has 1 aliphatic rings. The summed E-state index contributed by atoms with van der Waals surface area (Å²) < 4.78 is 126. The molecule has 52 heavy (non-hydrogen) atoms. The highest BCUT2D eigenvalue weighted by Crippen LogP contribution is 2.44. The fourth-order valence-corrected chi connectivity index (χ4v) is 6.45. The summed E-state index contributed by atoms with van der Waals surface area (Å²) in [4.78, 5) is 1.27. The highest BCUT2D eigenvalue weighted by Gasteiger charge is 2.39. The van der Waals surface area contributed by atoms with E-state index in [1.807, 2.05) is 0 Å². The van der Waals surface area contributed by atoms with E-state index in [0.29, 0.717) is 54.5 Å². The molecule has 0 fully saturated rings. The van der Waals surface area contributed by atoms with Crippen LogP contribution in [0.25, 0.3) is 0 Å². The Morgan fingerprint density at radius 1 is 0.808 bits per heavy atom. The summed E-state index contributed by atoms with van der Waals surface area (Å²) in [5, 5.41) is 25.4. The van der Waals surface area contributed by atoms with Gasteiger partial charge in [-0.25, -0.2) is 0 Å². The van der Waals surface area contributed by atoms with Crippen molar-refractivity contribution < 1.29 is 39.5 Å². The predicted octanol–water partition coefficient (Wildman–Crippen LogP) is 9.85. The van der Waals surface area contributed by atoms with Crippen LogP contribution < -0.4 is 11.6 Å². The number of guanidine groups is 1. The van der Waals surface area contributed by atoms with Gasteiger partial charge in [0.25, 0.3) is 0 Å². The summed E-state index contributed by atoms with van der Waals surface area (Å²) in [6.07, 6.45) is -12.3. The third kappa shape index (κ3) is 9.85. The van der Waals surface area contributed by atoms with Gasteiger partial charge >= 0.3 is 18.5 Å². The van der Waals surface area contributed by atoms with Gasteiger partial charge in [0, 0.05) is 12.1 Å². The van der Waals surface area contributed by atoms with Crippen LogP contribution in [-0.2, 0) is 31.5 Å². The van der Waals surface area contributed by atoms with Crippen LogP contribution >= 0.6 is 0 Å². The third-order valence-corrected chi connectivity index (χ3v) is 8.84. The van der Waals surface area contributed by atoms with Crippen molar-refractivity contribution in [1.82, 2.24) is 4.90 Å². The monoisotopic (exact) mass is 741 g/mol. The van der Waals surface area contributed by atoms with Crippen LogP contribution in [0.5, 0.6) is 0 Å². The zero-order chi connectivity index (χ0) is 38.4. The number of hydrogen-bond donors (Lipinski definition) is 3. The number of benzene rings is 3. The molecule has 0 amide bonds. The Balaban J connectivity index is 1.92. The molecule has 280 valence electrons. The van der Waals surface area contributed by atoms with Gasteiger partial charge in [0.1, 0.15) is 0 Å². The lowest BCUT2D eigenvalue weighted by molar-refractivity contribution is -0.143. The molecule has 0 heterocycles. The van der Waals surface area contributed by atoms with Gasteiger partial charge < -0.3 is 16.5 Å². The van der Waals surface area contributed by atoms with Gasteiger partial charge in [-0.2, -0.15) is 44.6 Å². The van der Waals surface area contributed by atoms with Crippen molar-refractivity contribution in [2.45, 2.75) is 82.5 Å². The number of halogens is 9. The van der Waals surface area contributed by atoms with E-state index in [4.69, 9.17) is 17.0 Å². The molecule has 3 aromatic carbocycles. The molecule has 0 saturated carbocycles. The van der Waals surface area contributed by atoms with Crippen molar-refractivity contribution >= 4 is 11.8 Å². The molecule has 0 spiro atoms. The first-order valence-corrected chi connectivity index (χ1v) is 16.0. The number of nitrogens with one attached hydrogen (secondary N) is 1. The maximum absolute atomic E-state index is 14.4. The smallest absolute Gasteiger partial charge is 0.368 e. The van der Waals surface area contributed by atoms with Crippen molar-refractivity contribution in [2.75, 3.05) is 7.05 Å². The van der Waals surface area contributed by atoms with Crippen LogP contribution in [0.15, 0.2) is 80.4 Å². The predicted molar refractivity (Wildman–Crippen MR) is 175 cm³/mol. The minimum absolute atomic E-state index is 0.0101. The average molecular weight is 742 g/mol. The molecular weight excluding hydrogens is 705 g/mol. The second-order valence-electron chi connectivity index (χ2n) is 12.4. The summed E-state index contributed by atoms with van der Waals surface area (Å²) in [5.41, 5.74) is 3.64. The van der Waals surface area contributed by atoms with E-state index in [2.05, 4.69) is 25.8 Å². The number of nitrogens with zero attached hydrogens (tertiary/aromatic N) is 6. The summed E-state index contributed by atoms with van der Waals surface area (Å²) in [6.45, 7) is 0.660. The van der Waals surface area contributed by atoms with E-state index >= 15 is 0 Å². The Bertz CT molecular complexity index is 1780. The quantitative estimate of drug-likeness (QED) is 0.0554. The highest BCUT2D eigenvalue weighted by molar-refractivity contribution is 5.96. The van der Waals surface area contributed by atoms with E-state index in [1.165, 1.54) is 24.9 Å². The average Bonchev–Trinajstić information content (AvgIpc) is 3.14. The number of rotatable bonds is 7. The van der Waals surface area contributed by atoms with Gasteiger partial charge in [-0.05, 0) is 89.4 Å². The van der Waals surface area contributed by atoms with E-state index < -0.39 is 65.2 Å². The first-order chi connectivity index (χ1) is 24.3. The molecule has 0 saturated heterocycles. The number of fused-ring (bicyclic) bond motifs is 1. The van der Waals surface area contributed by atoms with Crippen molar-refractivity contribution in [3.05, 3.63) is 105 Å². The molecule has 0 bridgehead atoms. The van der Waals surface area contributed by atoms with Gasteiger partial charge in [-0.3, -0.25) is 5.41 Å². The van der Waals surface area contributed by atoms with E-state index in [9.17, 15) is 39.5 Å². The number of hydrogen-bond acceptors (Lipinski definition) is 4. The Labute approximate surface area is 293 Å². The normalized spacial score (nSPS) is 17.9. The Kier molecular flexibility index (Phi) is 12.3. The first-order valence-electron chi connectivity index (χ1n) is 16.0. The van der Waals surface area contributed by atoms with Crippen molar-refractivity contribution in [2.24, 2.45) is 37.4 Å². The Morgan fingerprint density at radius 3 is 1.98 bits per heavy atom. The van der Waals surface area contributed by atoms with Gasteiger partial charge in [0.2, 0.25) is 5.96 Å². The molecule has 1 unspecified atom stereocenters. The largest absolute Gasteiger partial charge is 0.416 e. The Hall–Kier alpha value is -5.03. The van der Waals surface area contributed by atoms with Crippen LogP contribution in [0.4, 0.5) is 39.5 Å². The second kappa shape index (κ2) is 16.1. The molecule has 2 atom stereocenters. The second-order valence-corrected chi connectivity index (χ2v) is 12.4. The van der Waals surface area contributed by atoms with E-state index in [0.717, 1.165) is 11.6 Å². The van der Waals surface area contributed by atoms with Gasteiger partial charge in [-0.1, -0.05) is 59.9 Å². The Morgan fingerprint density at radius 2 is 1.42 bits per heavy atom. The maximum atomic E-state index is 14.4. The molecule has 1 aliphatic carbocycles. The zero-order valence-corrected chi connectivity index (χ0v) is 28.0. The van der Waals surface area contributed by atoms with E-state index in [-0.39, 0.29) is 30.3 Å². The molecule has 0 aromatic heterocycles. The molecular formula is C34H36F9N9. The lowest BCUT2D eigenvalue weighted by atomic mass is 9.81. The van der Waals surface area contributed by atoms with Crippen LogP contribution in [-0.4, -0.2) is 23.7 Å². The number of alkyl halides is 9. The number of nitrogens with two attached hydrogens (primary N) is 2. The fourth-order valence-electron chi connectivity index (χ4n) is 6.45. The van der Waals surface area contributed by atoms with Gasteiger partial charge in [0.15, 0.2) is 5.84 Å². The summed E-state index contributed by atoms with van der Waals surface area (Å²) in [7, 11) is 1.27. The SMILES string of the molecule is CN=NN=C(N)N(Cc1cc(C(F)(F)F)cc(C(F)(F)F)c1)[C@H]1CCCCCC(Cc2ccc(C(=N)N=NN)cc2)c2cc(C(F)(F)F)c(C)cc21. The van der Waals surface area contributed by atoms with Crippen LogP contribution in [0.1, 0.15) is 94.1 Å². The van der Waals surface area contributed by atoms with Gasteiger partial charge in [0.05, 0.1) is 29.8 Å². The topological polar surface area (TPSA) is 141 Å². The maximum Gasteiger partial charge on any atom is 0.416 e. The third-order valence-electron chi connectivity index (χ3n) is 8.84. The zero-order valence-electron chi connectivity index (χ0n) is 28.0. The molecule has 3 aromatic rings. The molecule has 18 heteroatoms. The van der Waals surface area contributed by atoms with Crippen molar-refractivity contribution in [3.8, 4) is 0 Å². The molecule has 4 rings (SSSR count). The number of amidine groups is 1. The van der Waals surface area contributed by atoms with Crippen molar-refractivity contribution in [1.29, 1.82) is 5.41 Å². The lowest BCUT2D eigenvalue weighted by Crippen LogP contribution is -2.40. The van der Waals surface area contributed by atoms with Crippen molar-refractivity contribution in [3.63, 3.8) is 0 Å². The summed E-state index contributed by atoms with van der Waals surface area (Å²) in [6, 6.07) is 9.27. The first kappa shape index (κ1) is 39.8. The molecule has 5 N–H and O–H groups in total. The van der Waals surface area contributed by atoms with Crippen LogP contribution in [0.3, 0.4) is 0 Å². The summed E-state index contributed by atoms with van der Waals surface area (Å²) >= 11 is 0. The lowest BCUT2D eigenvalue weighted by Gasteiger charge is -2.35. The van der Waals surface area contributed by atoms with E-state index in [1.54, 1.807) is 24.3 Å². The van der Waals surface area contributed by atoms with Crippen LogP contribution in [0, 0.1) is 12.3 Å². The number of aryl methyl sites for hydroxylation is 1. The fraction of sp³-hybridized carbons (Fsp3) is 0.412. The molecule has 0 aliphatic heterocycles. The highest BCUT2D eigenvalue weighted by atomic mass is 19.4.